The van der Waals surface area contributed by atoms with Crippen molar-refractivity contribution < 1.29 is 0 Å². The van der Waals surface area contributed by atoms with Crippen LogP contribution in [0.5, 0.6) is 0 Å². The minimum atomic E-state index is 0.498. The second kappa shape index (κ2) is 6.58. The van der Waals surface area contributed by atoms with Crippen LogP contribution in [-0.4, -0.2) is 17.1 Å². The van der Waals surface area contributed by atoms with Gasteiger partial charge in [0.2, 0.25) is 0 Å². The van der Waals surface area contributed by atoms with Crippen LogP contribution in [-0.2, 0) is 13.1 Å². The number of thiophene rings is 1. The number of nitrogens with one attached hydrogen (secondary N) is 1. The maximum atomic E-state index is 4.37. The molecule has 0 bridgehead atoms. The normalized spacial score (nSPS) is 14.6. The summed E-state index contributed by atoms with van der Waals surface area (Å²) in [5, 5.41) is 5.68. The van der Waals surface area contributed by atoms with Crippen molar-refractivity contribution in [2.45, 2.75) is 51.9 Å². The SMILES string of the molecule is CC(C)NCc1ccncc1N(Cc1cccs1)C1CC1. The van der Waals surface area contributed by atoms with Gasteiger partial charge in [-0.05, 0) is 35.9 Å². The lowest BCUT2D eigenvalue weighted by molar-refractivity contribution is 0.587. The molecule has 1 saturated carbocycles. The van der Waals surface area contributed by atoms with E-state index in [0.29, 0.717) is 12.1 Å². The number of pyridine rings is 1. The molecule has 0 aromatic carbocycles. The van der Waals surface area contributed by atoms with Gasteiger partial charge in [-0.2, -0.15) is 0 Å². The molecule has 3 rings (SSSR count). The molecule has 1 aliphatic carbocycles. The summed E-state index contributed by atoms with van der Waals surface area (Å²) in [6, 6.07) is 7.69. The topological polar surface area (TPSA) is 28.2 Å². The third-order valence-corrected chi connectivity index (χ3v) is 4.65. The highest BCUT2D eigenvalue weighted by Crippen LogP contribution is 2.35. The van der Waals surface area contributed by atoms with Crippen LogP contribution in [0, 0.1) is 0 Å². The van der Waals surface area contributed by atoms with Crippen LogP contribution in [0.15, 0.2) is 36.0 Å². The van der Waals surface area contributed by atoms with Gasteiger partial charge in [0.1, 0.15) is 0 Å². The third-order valence-electron chi connectivity index (χ3n) is 3.79. The van der Waals surface area contributed by atoms with E-state index in [4.69, 9.17) is 0 Å². The lowest BCUT2D eigenvalue weighted by Crippen LogP contribution is -2.28. The zero-order valence-corrected chi connectivity index (χ0v) is 13.6. The van der Waals surface area contributed by atoms with Gasteiger partial charge in [-0.1, -0.05) is 19.9 Å². The Balaban J connectivity index is 1.81. The fourth-order valence-electron chi connectivity index (χ4n) is 2.50. The number of aromatic nitrogens is 1. The Morgan fingerprint density at radius 1 is 1.38 bits per heavy atom. The molecule has 4 heteroatoms. The first-order chi connectivity index (χ1) is 10.2. The first-order valence-corrected chi connectivity index (χ1v) is 8.57. The second-order valence-electron chi connectivity index (χ2n) is 5.98. The molecule has 2 aromatic heterocycles. The zero-order valence-electron chi connectivity index (χ0n) is 12.7. The van der Waals surface area contributed by atoms with Crippen molar-refractivity contribution in [1.82, 2.24) is 10.3 Å². The standard InChI is InChI=1S/C17H23N3S/c1-13(2)19-10-14-7-8-18-11-17(14)20(15-5-6-15)12-16-4-3-9-21-16/h3-4,7-9,11,13,15,19H,5-6,10,12H2,1-2H3. The molecule has 0 amide bonds. The molecule has 1 fully saturated rings. The predicted octanol–water partition coefficient (Wildman–Crippen LogP) is 3.81. The summed E-state index contributed by atoms with van der Waals surface area (Å²) in [6.45, 7) is 6.28. The molecule has 1 aliphatic rings. The molecule has 3 nitrogen and oxygen atoms in total. The molecule has 112 valence electrons. The van der Waals surface area contributed by atoms with E-state index in [0.717, 1.165) is 13.1 Å². The van der Waals surface area contributed by atoms with E-state index < -0.39 is 0 Å². The van der Waals surface area contributed by atoms with E-state index >= 15 is 0 Å². The smallest absolute Gasteiger partial charge is 0.0604 e. The van der Waals surface area contributed by atoms with Crippen molar-refractivity contribution in [2.24, 2.45) is 0 Å². The summed E-state index contributed by atoms with van der Waals surface area (Å²) in [7, 11) is 0. The van der Waals surface area contributed by atoms with Crippen LogP contribution < -0.4 is 10.2 Å². The number of rotatable bonds is 7. The first kappa shape index (κ1) is 14.5. The average Bonchev–Trinajstić information content (AvgIpc) is 3.20. The zero-order chi connectivity index (χ0) is 14.7. The van der Waals surface area contributed by atoms with Crippen molar-refractivity contribution in [3.05, 3.63) is 46.4 Å². The summed E-state index contributed by atoms with van der Waals surface area (Å²) < 4.78 is 0. The molecule has 0 atom stereocenters. The molecule has 0 unspecified atom stereocenters. The summed E-state index contributed by atoms with van der Waals surface area (Å²) in [5.74, 6) is 0. The molecule has 1 N–H and O–H groups in total. The van der Waals surface area contributed by atoms with Gasteiger partial charge in [0.15, 0.2) is 0 Å². The van der Waals surface area contributed by atoms with Crippen molar-refractivity contribution in [3.63, 3.8) is 0 Å². The molecule has 0 aliphatic heterocycles. The van der Waals surface area contributed by atoms with Crippen molar-refractivity contribution in [1.29, 1.82) is 0 Å². The Morgan fingerprint density at radius 2 is 2.24 bits per heavy atom. The van der Waals surface area contributed by atoms with Gasteiger partial charge in [-0.3, -0.25) is 4.98 Å². The van der Waals surface area contributed by atoms with E-state index in [1.165, 1.54) is 29.0 Å². The Morgan fingerprint density at radius 3 is 2.90 bits per heavy atom. The summed E-state index contributed by atoms with van der Waals surface area (Å²) in [4.78, 5) is 8.33. The van der Waals surface area contributed by atoms with Gasteiger partial charge < -0.3 is 10.2 Å². The highest BCUT2D eigenvalue weighted by molar-refractivity contribution is 7.09. The largest absolute Gasteiger partial charge is 0.362 e. The summed E-state index contributed by atoms with van der Waals surface area (Å²) in [5.41, 5.74) is 2.64. The van der Waals surface area contributed by atoms with E-state index in [9.17, 15) is 0 Å². The Labute approximate surface area is 131 Å². The lowest BCUT2D eigenvalue weighted by Gasteiger charge is -2.26. The van der Waals surface area contributed by atoms with Crippen LogP contribution in [0.2, 0.25) is 0 Å². The Kier molecular flexibility index (Phi) is 4.56. The molecule has 21 heavy (non-hydrogen) atoms. The van der Waals surface area contributed by atoms with Gasteiger partial charge >= 0.3 is 0 Å². The lowest BCUT2D eigenvalue weighted by atomic mass is 10.2. The van der Waals surface area contributed by atoms with Crippen molar-refractivity contribution >= 4 is 17.0 Å². The maximum Gasteiger partial charge on any atom is 0.0604 e. The summed E-state index contributed by atoms with van der Waals surface area (Å²) >= 11 is 1.84. The number of nitrogens with zero attached hydrogens (tertiary/aromatic N) is 2. The monoisotopic (exact) mass is 301 g/mol. The average molecular weight is 301 g/mol. The van der Waals surface area contributed by atoms with Gasteiger partial charge in [-0.25, -0.2) is 0 Å². The van der Waals surface area contributed by atoms with Crippen LogP contribution in [0.4, 0.5) is 5.69 Å². The highest BCUT2D eigenvalue weighted by atomic mass is 32.1. The Hall–Kier alpha value is -1.39. The van der Waals surface area contributed by atoms with Gasteiger partial charge in [-0.15, -0.1) is 11.3 Å². The molecular weight excluding hydrogens is 278 g/mol. The van der Waals surface area contributed by atoms with Crippen LogP contribution >= 0.6 is 11.3 Å². The number of hydrogen-bond acceptors (Lipinski definition) is 4. The fourth-order valence-corrected chi connectivity index (χ4v) is 3.21. The third kappa shape index (κ3) is 3.83. The van der Waals surface area contributed by atoms with Gasteiger partial charge in [0.25, 0.3) is 0 Å². The molecule has 2 heterocycles. The first-order valence-electron chi connectivity index (χ1n) is 7.69. The van der Waals surface area contributed by atoms with E-state index in [1.807, 2.05) is 23.7 Å². The van der Waals surface area contributed by atoms with Crippen molar-refractivity contribution in [3.8, 4) is 0 Å². The van der Waals surface area contributed by atoms with E-state index in [-0.39, 0.29) is 0 Å². The minimum Gasteiger partial charge on any atom is -0.362 e. The molecule has 0 spiro atoms. The van der Waals surface area contributed by atoms with Crippen LogP contribution in [0.25, 0.3) is 0 Å². The predicted molar refractivity (Wildman–Crippen MR) is 89.7 cm³/mol. The fraction of sp³-hybridized carbons (Fsp3) is 0.471. The van der Waals surface area contributed by atoms with E-state index in [2.05, 4.69) is 52.6 Å². The maximum absolute atomic E-state index is 4.37. The quantitative estimate of drug-likeness (QED) is 0.843. The summed E-state index contributed by atoms with van der Waals surface area (Å²) in [6.07, 6.45) is 6.54. The Bertz CT molecular complexity index is 561. The number of hydrogen-bond donors (Lipinski definition) is 1. The second-order valence-corrected chi connectivity index (χ2v) is 7.01. The van der Waals surface area contributed by atoms with Crippen LogP contribution in [0.3, 0.4) is 0 Å². The highest BCUT2D eigenvalue weighted by Gasteiger charge is 2.30. The molecule has 2 aromatic rings. The molecular formula is C17H23N3S. The van der Waals surface area contributed by atoms with Gasteiger partial charge in [0, 0.05) is 29.7 Å². The van der Waals surface area contributed by atoms with Crippen molar-refractivity contribution in [2.75, 3.05) is 4.90 Å². The van der Waals surface area contributed by atoms with Gasteiger partial charge in [0.05, 0.1) is 18.4 Å². The van der Waals surface area contributed by atoms with Crippen LogP contribution in [0.1, 0.15) is 37.1 Å². The molecule has 0 radical (unpaired) electrons. The minimum absolute atomic E-state index is 0.498. The molecule has 0 saturated heterocycles. The number of anilines is 1. The van der Waals surface area contributed by atoms with E-state index in [1.54, 1.807) is 0 Å².